The molecule has 0 radical (unpaired) electrons. The number of carboxylic acids is 1. The quantitative estimate of drug-likeness (QED) is 0.414. The number of nitrogens with one attached hydrogen (secondary N) is 1. The first-order chi connectivity index (χ1) is 9.51. The third kappa shape index (κ3) is 6.48. The molecule has 0 saturated heterocycles. The van der Waals surface area contributed by atoms with Crippen LogP contribution in [0.3, 0.4) is 0 Å². The van der Waals surface area contributed by atoms with Crippen LogP contribution in [0.4, 0.5) is 5.13 Å². The zero-order valence-corrected chi connectivity index (χ0v) is 12.3. The average Bonchev–Trinajstić information content (AvgIpc) is 2.82. The standard InChI is InChI=1S/C10H13N3O5S2/c1-2-18-8(17)4-3-6(14)11-9-12-13-10(20-9)19-5-7(15)16/h2-5H2,1H3,(H,15,16)(H,11,12,14). The van der Waals surface area contributed by atoms with Crippen LogP contribution in [0.25, 0.3) is 0 Å². The normalized spacial score (nSPS) is 10.1. The Balaban J connectivity index is 2.35. The predicted octanol–water partition coefficient (Wildman–Crippen LogP) is 0.997. The number of rotatable bonds is 8. The van der Waals surface area contributed by atoms with Gasteiger partial charge in [0, 0.05) is 6.42 Å². The highest BCUT2D eigenvalue weighted by atomic mass is 32.2. The van der Waals surface area contributed by atoms with Crippen LogP contribution in [0, 0.1) is 0 Å². The summed E-state index contributed by atoms with van der Waals surface area (Å²) >= 11 is 2.10. The van der Waals surface area contributed by atoms with Gasteiger partial charge in [0.25, 0.3) is 0 Å². The van der Waals surface area contributed by atoms with Gasteiger partial charge < -0.3 is 15.2 Å². The van der Waals surface area contributed by atoms with E-state index >= 15 is 0 Å². The van der Waals surface area contributed by atoms with Crippen LogP contribution in [0.15, 0.2) is 4.34 Å². The van der Waals surface area contributed by atoms with E-state index in [-0.39, 0.29) is 36.2 Å². The van der Waals surface area contributed by atoms with Crippen molar-refractivity contribution in [3.8, 4) is 0 Å². The van der Waals surface area contributed by atoms with Crippen LogP contribution < -0.4 is 5.32 Å². The Morgan fingerprint density at radius 1 is 1.35 bits per heavy atom. The van der Waals surface area contributed by atoms with E-state index < -0.39 is 11.9 Å². The summed E-state index contributed by atoms with van der Waals surface area (Å²) in [6.07, 6.45) is -0.00485. The lowest BCUT2D eigenvalue weighted by Gasteiger charge is -2.01. The second-order valence-electron chi connectivity index (χ2n) is 3.41. The molecule has 1 aromatic heterocycles. The maximum absolute atomic E-state index is 11.5. The highest BCUT2D eigenvalue weighted by Gasteiger charge is 2.11. The molecule has 1 heterocycles. The number of carbonyl (C=O) groups excluding carboxylic acids is 2. The number of anilines is 1. The zero-order chi connectivity index (χ0) is 15.0. The van der Waals surface area contributed by atoms with Gasteiger partial charge in [-0.15, -0.1) is 10.2 Å². The summed E-state index contributed by atoms with van der Waals surface area (Å²) in [4.78, 5) is 33.0. The molecule has 0 unspecified atom stereocenters. The minimum Gasteiger partial charge on any atom is -0.481 e. The van der Waals surface area contributed by atoms with Crippen molar-refractivity contribution in [2.45, 2.75) is 24.1 Å². The zero-order valence-electron chi connectivity index (χ0n) is 10.6. The number of thioether (sulfide) groups is 1. The fraction of sp³-hybridized carbons (Fsp3) is 0.500. The number of carbonyl (C=O) groups is 3. The number of amides is 1. The minimum absolute atomic E-state index is 0.000894. The van der Waals surface area contributed by atoms with Crippen LogP contribution in [0.1, 0.15) is 19.8 Å². The van der Waals surface area contributed by atoms with Gasteiger partial charge in [0.05, 0.1) is 18.8 Å². The molecule has 0 fully saturated rings. The van der Waals surface area contributed by atoms with Gasteiger partial charge in [0.1, 0.15) is 0 Å². The number of ether oxygens (including phenoxy) is 1. The number of hydrogen-bond donors (Lipinski definition) is 2. The maximum Gasteiger partial charge on any atom is 0.313 e. The van der Waals surface area contributed by atoms with E-state index in [1.165, 1.54) is 0 Å². The van der Waals surface area contributed by atoms with Crippen molar-refractivity contribution >= 4 is 46.1 Å². The molecule has 1 aromatic rings. The third-order valence-electron chi connectivity index (χ3n) is 1.83. The van der Waals surface area contributed by atoms with Gasteiger partial charge in [-0.3, -0.25) is 14.4 Å². The molecular formula is C10H13N3O5S2. The lowest BCUT2D eigenvalue weighted by molar-refractivity contribution is -0.144. The molecule has 1 amide bonds. The van der Waals surface area contributed by atoms with E-state index in [2.05, 4.69) is 15.5 Å². The largest absolute Gasteiger partial charge is 0.481 e. The molecule has 8 nitrogen and oxygen atoms in total. The first-order valence-electron chi connectivity index (χ1n) is 5.64. The highest BCUT2D eigenvalue weighted by Crippen LogP contribution is 2.25. The van der Waals surface area contributed by atoms with Gasteiger partial charge in [0.2, 0.25) is 11.0 Å². The van der Waals surface area contributed by atoms with Crippen molar-refractivity contribution in [2.75, 3.05) is 17.7 Å². The van der Waals surface area contributed by atoms with Crippen molar-refractivity contribution in [1.82, 2.24) is 10.2 Å². The molecule has 0 bridgehead atoms. The monoisotopic (exact) mass is 319 g/mol. The molecule has 0 aliphatic carbocycles. The van der Waals surface area contributed by atoms with Crippen molar-refractivity contribution in [3.63, 3.8) is 0 Å². The van der Waals surface area contributed by atoms with E-state index in [4.69, 9.17) is 9.84 Å². The number of esters is 1. The molecule has 110 valence electrons. The summed E-state index contributed by atoms with van der Waals surface area (Å²) in [5.74, 6) is -1.88. The van der Waals surface area contributed by atoms with E-state index in [1.807, 2.05) is 0 Å². The van der Waals surface area contributed by atoms with Crippen molar-refractivity contribution in [3.05, 3.63) is 0 Å². The number of nitrogens with zero attached hydrogens (tertiary/aromatic N) is 2. The SMILES string of the molecule is CCOC(=O)CCC(=O)Nc1nnc(SCC(=O)O)s1. The predicted molar refractivity (Wildman–Crippen MR) is 72.8 cm³/mol. The molecule has 0 aliphatic heterocycles. The van der Waals surface area contributed by atoms with Crippen LogP contribution in [-0.4, -0.2) is 45.5 Å². The van der Waals surface area contributed by atoms with Crippen LogP contribution in [0.2, 0.25) is 0 Å². The molecular weight excluding hydrogens is 306 g/mol. The molecule has 1 rings (SSSR count). The van der Waals surface area contributed by atoms with Gasteiger partial charge in [-0.25, -0.2) is 0 Å². The number of aliphatic carboxylic acids is 1. The van der Waals surface area contributed by atoms with Gasteiger partial charge in [-0.2, -0.15) is 0 Å². The second-order valence-corrected chi connectivity index (χ2v) is 5.61. The summed E-state index contributed by atoms with van der Waals surface area (Å²) in [6.45, 7) is 1.97. The Bertz CT molecular complexity index is 491. The average molecular weight is 319 g/mol. The fourth-order valence-electron chi connectivity index (χ4n) is 1.07. The van der Waals surface area contributed by atoms with Crippen molar-refractivity contribution in [2.24, 2.45) is 0 Å². The van der Waals surface area contributed by atoms with Gasteiger partial charge in [-0.1, -0.05) is 23.1 Å². The molecule has 20 heavy (non-hydrogen) atoms. The molecule has 0 atom stereocenters. The molecule has 0 aromatic carbocycles. The van der Waals surface area contributed by atoms with Gasteiger partial charge in [-0.05, 0) is 6.92 Å². The second kappa shape index (κ2) is 8.48. The Morgan fingerprint density at radius 2 is 2.10 bits per heavy atom. The number of carboxylic acid groups (broad SMARTS) is 1. The lowest BCUT2D eigenvalue weighted by atomic mass is 10.3. The Labute approximate surface area is 122 Å². The number of aromatic nitrogens is 2. The summed E-state index contributed by atoms with van der Waals surface area (Å²) in [7, 11) is 0. The lowest BCUT2D eigenvalue weighted by Crippen LogP contribution is -2.14. The first-order valence-corrected chi connectivity index (χ1v) is 7.45. The molecule has 0 saturated carbocycles. The summed E-state index contributed by atoms with van der Waals surface area (Å²) < 4.78 is 5.15. The fourth-order valence-corrected chi connectivity index (χ4v) is 2.56. The van der Waals surface area contributed by atoms with E-state index in [1.54, 1.807) is 6.92 Å². The summed E-state index contributed by atoms with van der Waals surface area (Å²) in [6, 6.07) is 0. The van der Waals surface area contributed by atoms with Crippen LogP contribution in [-0.2, 0) is 19.1 Å². The van der Waals surface area contributed by atoms with Crippen LogP contribution >= 0.6 is 23.1 Å². The summed E-state index contributed by atoms with van der Waals surface area (Å²) in [5.41, 5.74) is 0. The maximum atomic E-state index is 11.5. The van der Waals surface area contributed by atoms with Crippen LogP contribution in [0.5, 0.6) is 0 Å². The van der Waals surface area contributed by atoms with E-state index in [9.17, 15) is 14.4 Å². The Morgan fingerprint density at radius 3 is 2.75 bits per heavy atom. The van der Waals surface area contributed by atoms with Crippen molar-refractivity contribution < 1.29 is 24.2 Å². The smallest absolute Gasteiger partial charge is 0.313 e. The van der Waals surface area contributed by atoms with Gasteiger partial charge in [0.15, 0.2) is 4.34 Å². The van der Waals surface area contributed by atoms with Gasteiger partial charge >= 0.3 is 11.9 Å². The Kier molecular flexibility index (Phi) is 6.94. The highest BCUT2D eigenvalue weighted by molar-refractivity contribution is 8.01. The first kappa shape index (κ1) is 16.4. The molecule has 0 spiro atoms. The number of hydrogen-bond acceptors (Lipinski definition) is 8. The molecule has 2 N–H and O–H groups in total. The van der Waals surface area contributed by atoms with E-state index in [0.29, 0.717) is 4.34 Å². The van der Waals surface area contributed by atoms with Crippen molar-refractivity contribution in [1.29, 1.82) is 0 Å². The van der Waals surface area contributed by atoms with E-state index in [0.717, 1.165) is 23.1 Å². The minimum atomic E-state index is -0.953. The molecule has 10 heteroatoms. The topological polar surface area (TPSA) is 118 Å². The molecule has 0 aliphatic rings. The third-order valence-corrected chi connectivity index (χ3v) is 3.79. The summed E-state index contributed by atoms with van der Waals surface area (Å²) in [5, 5.41) is 18.7. The Hall–Kier alpha value is -1.68.